The highest BCUT2D eigenvalue weighted by atomic mass is 16.5. The maximum absolute atomic E-state index is 13.1. The number of carbonyl (C=O) groups is 1. The quantitative estimate of drug-likeness (QED) is 0.344. The van der Waals surface area contributed by atoms with Gasteiger partial charge in [-0.15, -0.1) is 10.2 Å². The van der Waals surface area contributed by atoms with Gasteiger partial charge in [0, 0.05) is 37.4 Å². The molecule has 39 heavy (non-hydrogen) atoms. The summed E-state index contributed by atoms with van der Waals surface area (Å²) in [5.41, 5.74) is 7.95. The summed E-state index contributed by atoms with van der Waals surface area (Å²) in [6.07, 6.45) is 2.03. The number of anilines is 2. The lowest BCUT2D eigenvalue weighted by atomic mass is 9.90. The first-order valence-corrected chi connectivity index (χ1v) is 13.5. The van der Waals surface area contributed by atoms with E-state index in [-0.39, 0.29) is 5.91 Å². The van der Waals surface area contributed by atoms with E-state index in [1.807, 2.05) is 30.3 Å². The van der Waals surface area contributed by atoms with Gasteiger partial charge in [-0.25, -0.2) is 4.98 Å². The van der Waals surface area contributed by atoms with Crippen molar-refractivity contribution in [2.75, 3.05) is 32.6 Å². The Bertz CT molecular complexity index is 1590. The van der Waals surface area contributed by atoms with Crippen molar-refractivity contribution >= 4 is 17.4 Å². The molecule has 1 fully saturated rings. The molecular weight excluding hydrogens is 490 g/mol. The van der Waals surface area contributed by atoms with Gasteiger partial charge >= 0.3 is 0 Å². The molecule has 2 N–H and O–H groups in total. The fourth-order valence-electron chi connectivity index (χ4n) is 6.09. The Morgan fingerprint density at radius 1 is 1.03 bits per heavy atom. The predicted octanol–water partition coefficient (Wildman–Crippen LogP) is 4.31. The fourth-order valence-corrected chi connectivity index (χ4v) is 6.09. The number of nitrogens with one attached hydrogen (secondary N) is 2. The summed E-state index contributed by atoms with van der Waals surface area (Å²) in [7, 11) is 4.12. The topological polar surface area (TPSA) is 97.2 Å². The van der Waals surface area contributed by atoms with Crippen LogP contribution in [0.4, 0.5) is 11.5 Å². The van der Waals surface area contributed by atoms with Crippen LogP contribution in [0.3, 0.4) is 0 Å². The molecule has 2 aromatic carbocycles. The predicted molar refractivity (Wildman–Crippen MR) is 149 cm³/mol. The number of carbonyl (C=O) groups excluding carboxylic acids is 1. The molecule has 0 bridgehead atoms. The second kappa shape index (κ2) is 9.59. The van der Waals surface area contributed by atoms with Gasteiger partial charge in [-0.1, -0.05) is 30.3 Å². The normalized spacial score (nSPS) is 16.2. The summed E-state index contributed by atoms with van der Waals surface area (Å²) in [5.74, 6) is 2.76. The molecule has 5 heterocycles. The van der Waals surface area contributed by atoms with Crippen molar-refractivity contribution in [3.63, 3.8) is 0 Å². The number of nitrogens with zero attached hydrogens (tertiary/aromatic N) is 5. The Labute approximate surface area is 227 Å². The molecule has 2 aromatic heterocycles. The zero-order chi connectivity index (χ0) is 26.5. The summed E-state index contributed by atoms with van der Waals surface area (Å²) in [4.78, 5) is 20.2. The second-order valence-corrected chi connectivity index (χ2v) is 10.8. The lowest BCUT2D eigenvalue weighted by Crippen LogP contribution is -2.19. The third kappa shape index (κ3) is 4.18. The first kappa shape index (κ1) is 24.0. The zero-order valence-electron chi connectivity index (χ0n) is 22.2. The number of aromatic nitrogens is 4. The second-order valence-electron chi connectivity index (χ2n) is 10.8. The van der Waals surface area contributed by atoms with E-state index in [1.54, 1.807) is 0 Å². The van der Waals surface area contributed by atoms with Crippen LogP contribution in [-0.4, -0.2) is 57.9 Å². The lowest BCUT2D eigenvalue weighted by molar-refractivity contribution is 0.0849. The van der Waals surface area contributed by atoms with Crippen molar-refractivity contribution in [3.8, 4) is 22.8 Å². The zero-order valence-corrected chi connectivity index (χ0v) is 22.2. The Kier molecular flexibility index (Phi) is 5.90. The van der Waals surface area contributed by atoms with Gasteiger partial charge in [0.05, 0.1) is 23.5 Å². The van der Waals surface area contributed by atoms with Gasteiger partial charge in [-0.2, -0.15) is 0 Å². The number of benzene rings is 2. The van der Waals surface area contributed by atoms with E-state index in [0.717, 1.165) is 84.7 Å². The third-order valence-electron chi connectivity index (χ3n) is 7.94. The molecule has 4 aromatic rings. The van der Waals surface area contributed by atoms with Gasteiger partial charge in [0.1, 0.15) is 5.82 Å². The molecule has 3 aliphatic heterocycles. The monoisotopic (exact) mass is 521 g/mol. The van der Waals surface area contributed by atoms with Crippen LogP contribution in [0, 0.1) is 0 Å². The Morgan fingerprint density at radius 3 is 2.64 bits per heavy atom. The molecule has 1 amide bonds. The van der Waals surface area contributed by atoms with Crippen LogP contribution in [0.25, 0.3) is 22.8 Å². The number of pyridine rings is 1. The molecule has 1 saturated heterocycles. The van der Waals surface area contributed by atoms with Crippen molar-refractivity contribution in [1.29, 1.82) is 0 Å². The van der Waals surface area contributed by atoms with E-state index in [2.05, 4.69) is 62.6 Å². The molecule has 7 rings (SSSR count). The average Bonchev–Trinajstić information content (AvgIpc) is 3.63. The molecule has 198 valence electrons. The van der Waals surface area contributed by atoms with Crippen molar-refractivity contribution in [2.45, 2.75) is 38.4 Å². The Morgan fingerprint density at radius 2 is 1.82 bits per heavy atom. The SMILES string of the molecule is CN(C)Cc1nc(Nc2ccc(-c3nnc4n3Cc3ccccc3-4)c3c2C(=O)NC3)ccc1C1CCOCC1. The number of fused-ring (bicyclic) bond motifs is 4. The highest BCUT2D eigenvalue weighted by Crippen LogP contribution is 2.39. The van der Waals surface area contributed by atoms with Gasteiger partial charge in [0.25, 0.3) is 5.91 Å². The molecular formula is C30H31N7O2. The van der Waals surface area contributed by atoms with Crippen LogP contribution < -0.4 is 10.6 Å². The maximum Gasteiger partial charge on any atom is 0.254 e. The Balaban J connectivity index is 1.23. The van der Waals surface area contributed by atoms with Crippen LogP contribution in [0.2, 0.25) is 0 Å². The van der Waals surface area contributed by atoms with Crippen molar-refractivity contribution < 1.29 is 9.53 Å². The Hall–Kier alpha value is -4.08. The number of hydrogen-bond donors (Lipinski definition) is 2. The van der Waals surface area contributed by atoms with E-state index >= 15 is 0 Å². The van der Waals surface area contributed by atoms with Gasteiger partial charge < -0.3 is 24.8 Å². The molecule has 9 nitrogen and oxygen atoms in total. The highest BCUT2D eigenvalue weighted by Gasteiger charge is 2.31. The summed E-state index contributed by atoms with van der Waals surface area (Å²) < 4.78 is 7.72. The first-order valence-electron chi connectivity index (χ1n) is 13.5. The van der Waals surface area contributed by atoms with Crippen LogP contribution in [0.1, 0.15) is 51.5 Å². The minimum atomic E-state index is -0.0915. The van der Waals surface area contributed by atoms with Crippen molar-refractivity contribution in [3.05, 3.63) is 76.5 Å². The van der Waals surface area contributed by atoms with Crippen LogP contribution in [0.15, 0.2) is 48.5 Å². The minimum absolute atomic E-state index is 0.0915. The summed E-state index contributed by atoms with van der Waals surface area (Å²) in [6, 6.07) is 16.5. The van der Waals surface area contributed by atoms with Gasteiger partial charge in [-0.3, -0.25) is 4.79 Å². The lowest BCUT2D eigenvalue weighted by Gasteiger charge is -2.25. The number of amides is 1. The minimum Gasteiger partial charge on any atom is -0.381 e. The van der Waals surface area contributed by atoms with Gasteiger partial charge in [0.15, 0.2) is 11.6 Å². The molecule has 3 aliphatic rings. The van der Waals surface area contributed by atoms with Crippen LogP contribution in [-0.2, 0) is 24.4 Å². The molecule has 0 saturated carbocycles. The summed E-state index contributed by atoms with van der Waals surface area (Å²) in [6.45, 7) is 3.51. The van der Waals surface area contributed by atoms with Crippen molar-refractivity contribution in [2.24, 2.45) is 0 Å². The third-order valence-corrected chi connectivity index (χ3v) is 7.94. The molecule has 0 radical (unpaired) electrons. The fraction of sp³-hybridized carbons (Fsp3) is 0.333. The number of ether oxygens (including phenoxy) is 1. The smallest absolute Gasteiger partial charge is 0.254 e. The van der Waals surface area contributed by atoms with Crippen molar-refractivity contribution in [1.82, 2.24) is 30.0 Å². The van der Waals surface area contributed by atoms with E-state index in [4.69, 9.17) is 9.72 Å². The summed E-state index contributed by atoms with van der Waals surface area (Å²) >= 11 is 0. The number of rotatable bonds is 6. The molecule has 0 atom stereocenters. The number of hydrogen-bond acceptors (Lipinski definition) is 7. The van der Waals surface area contributed by atoms with E-state index in [9.17, 15) is 4.79 Å². The van der Waals surface area contributed by atoms with E-state index in [0.29, 0.717) is 18.0 Å². The van der Waals surface area contributed by atoms with E-state index < -0.39 is 0 Å². The van der Waals surface area contributed by atoms with Crippen LogP contribution >= 0.6 is 0 Å². The first-order chi connectivity index (χ1) is 19.1. The van der Waals surface area contributed by atoms with Gasteiger partial charge in [-0.05, 0) is 67.7 Å². The van der Waals surface area contributed by atoms with E-state index in [1.165, 1.54) is 11.1 Å². The highest BCUT2D eigenvalue weighted by molar-refractivity contribution is 6.06. The molecule has 0 spiro atoms. The molecule has 9 heteroatoms. The van der Waals surface area contributed by atoms with Gasteiger partial charge in [0.2, 0.25) is 0 Å². The average molecular weight is 522 g/mol. The molecule has 0 aliphatic carbocycles. The van der Waals surface area contributed by atoms with Crippen LogP contribution in [0.5, 0.6) is 0 Å². The maximum atomic E-state index is 13.1. The summed E-state index contributed by atoms with van der Waals surface area (Å²) in [5, 5.41) is 15.5. The largest absolute Gasteiger partial charge is 0.381 e. The molecule has 0 unspecified atom stereocenters. The standard InChI is InChI=1S/C30H31N7O2/c1-36(2)17-25-20(18-11-13-39-14-12-18)8-10-26(33-25)32-24-9-7-22(23-15-31-30(38)27(23)24)29-35-34-28-21-6-4-3-5-19(21)16-37(28)29/h3-10,18H,11-17H2,1-2H3,(H,31,38)(H,32,33).